The first-order valence-corrected chi connectivity index (χ1v) is 10.9. The van der Waals surface area contributed by atoms with Crippen LogP contribution in [0.5, 0.6) is 5.75 Å². The Hall–Kier alpha value is -2.63. The Morgan fingerprint density at radius 1 is 1.21 bits per heavy atom. The number of nitrogens with zero attached hydrogens (tertiary/aromatic N) is 3. The zero-order valence-electron chi connectivity index (χ0n) is 15.7. The molecule has 0 radical (unpaired) electrons. The number of benzene rings is 1. The van der Waals surface area contributed by atoms with Crippen LogP contribution in [0.3, 0.4) is 0 Å². The number of guanidine groups is 1. The predicted molar refractivity (Wildman–Crippen MR) is 98.2 cm³/mol. The van der Waals surface area contributed by atoms with Gasteiger partial charge in [0.2, 0.25) is 5.96 Å². The summed E-state index contributed by atoms with van der Waals surface area (Å²) in [5.74, 6) is -3.00. The van der Waals surface area contributed by atoms with Gasteiger partial charge >= 0.3 is 0 Å². The van der Waals surface area contributed by atoms with Crippen LogP contribution in [0.15, 0.2) is 22.2 Å². The minimum absolute atomic E-state index is 0.0208. The van der Waals surface area contributed by atoms with Crippen LogP contribution in [0.25, 0.3) is 0 Å². The molecule has 12 heteroatoms. The second-order valence-corrected chi connectivity index (χ2v) is 9.07. The fourth-order valence-electron chi connectivity index (χ4n) is 3.65. The SMILES string of the molecule is CS(=O)(=O)c1cc(F)c(OC2CCN(C3CCN(C(N)=NO)CC3)C2=O)cc1F. The molecule has 160 valence electrons. The van der Waals surface area contributed by atoms with Gasteiger partial charge in [0.05, 0.1) is 0 Å². The molecule has 1 aromatic rings. The number of sulfone groups is 1. The summed E-state index contributed by atoms with van der Waals surface area (Å²) in [7, 11) is -3.93. The van der Waals surface area contributed by atoms with E-state index in [4.69, 9.17) is 15.7 Å². The van der Waals surface area contributed by atoms with Crippen LogP contribution < -0.4 is 10.5 Å². The van der Waals surface area contributed by atoms with E-state index in [1.807, 2.05) is 0 Å². The first kappa shape index (κ1) is 21.1. The third kappa shape index (κ3) is 4.36. The van der Waals surface area contributed by atoms with E-state index in [1.54, 1.807) is 9.80 Å². The Balaban J connectivity index is 1.66. The lowest BCUT2D eigenvalue weighted by Crippen LogP contribution is -2.50. The van der Waals surface area contributed by atoms with E-state index in [-0.39, 0.29) is 17.9 Å². The number of piperidine rings is 1. The zero-order valence-corrected chi connectivity index (χ0v) is 16.5. The maximum Gasteiger partial charge on any atom is 0.263 e. The lowest BCUT2D eigenvalue weighted by molar-refractivity contribution is -0.136. The average Bonchev–Trinajstić information content (AvgIpc) is 3.03. The van der Waals surface area contributed by atoms with Crippen LogP contribution in [0, 0.1) is 11.6 Å². The molecule has 2 heterocycles. The van der Waals surface area contributed by atoms with Crippen LogP contribution in [0.2, 0.25) is 0 Å². The van der Waals surface area contributed by atoms with Gasteiger partial charge in [-0.15, -0.1) is 0 Å². The van der Waals surface area contributed by atoms with E-state index in [1.165, 1.54) is 0 Å². The molecule has 1 aromatic carbocycles. The largest absolute Gasteiger partial charge is 0.477 e. The Morgan fingerprint density at radius 2 is 1.86 bits per heavy atom. The van der Waals surface area contributed by atoms with Crippen molar-refractivity contribution in [3.05, 3.63) is 23.8 Å². The standard InChI is InChI=1S/C17H22F2N4O5S/c1-29(26,27)15-9-11(18)14(8-12(15)19)28-13-4-7-23(16(13)24)10-2-5-22(6-3-10)17(20)21-25/h8-10,13,25H,2-7H2,1H3,(H2,20,21). The first-order valence-electron chi connectivity index (χ1n) is 9.00. The minimum atomic E-state index is -3.93. The maximum absolute atomic E-state index is 14.2. The van der Waals surface area contributed by atoms with Gasteiger partial charge in [0.15, 0.2) is 27.5 Å². The molecule has 0 saturated carbocycles. The van der Waals surface area contributed by atoms with Gasteiger partial charge < -0.3 is 25.5 Å². The molecule has 0 spiro atoms. The van der Waals surface area contributed by atoms with Crippen LogP contribution in [0.1, 0.15) is 19.3 Å². The number of oxime groups is 1. The van der Waals surface area contributed by atoms with Gasteiger partial charge in [0, 0.05) is 44.4 Å². The molecular formula is C17H22F2N4O5S. The van der Waals surface area contributed by atoms with Gasteiger partial charge in [-0.3, -0.25) is 4.79 Å². The molecule has 1 unspecified atom stereocenters. The molecule has 1 atom stereocenters. The zero-order chi connectivity index (χ0) is 21.3. The van der Waals surface area contributed by atoms with E-state index in [2.05, 4.69) is 5.16 Å². The topological polar surface area (TPSA) is 126 Å². The predicted octanol–water partition coefficient (Wildman–Crippen LogP) is 0.516. The van der Waals surface area contributed by atoms with Gasteiger partial charge in [-0.05, 0) is 18.9 Å². The minimum Gasteiger partial charge on any atom is -0.477 e. The van der Waals surface area contributed by atoms with Crippen molar-refractivity contribution in [2.45, 2.75) is 36.3 Å². The molecule has 3 N–H and O–H groups in total. The molecule has 2 fully saturated rings. The Kier molecular flexibility index (Phi) is 5.82. The lowest BCUT2D eigenvalue weighted by atomic mass is 10.0. The van der Waals surface area contributed by atoms with Crippen molar-refractivity contribution in [2.24, 2.45) is 10.9 Å². The van der Waals surface area contributed by atoms with Crippen LogP contribution >= 0.6 is 0 Å². The van der Waals surface area contributed by atoms with Gasteiger partial charge in [-0.1, -0.05) is 5.16 Å². The van der Waals surface area contributed by atoms with Gasteiger partial charge in [-0.2, -0.15) is 0 Å². The summed E-state index contributed by atoms with van der Waals surface area (Å²) in [6.07, 6.45) is 1.32. The van der Waals surface area contributed by atoms with Crippen molar-refractivity contribution in [1.82, 2.24) is 9.80 Å². The van der Waals surface area contributed by atoms with Crippen molar-refractivity contribution in [3.8, 4) is 5.75 Å². The number of rotatable bonds is 4. The number of nitrogens with two attached hydrogens (primary N) is 1. The average molecular weight is 432 g/mol. The first-order chi connectivity index (χ1) is 13.6. The summed E-state index contributed by atoms with van der Waals surface area (Å²) in [5.41, 5.74) is 5.57. The quantitative estimate of drug-likeness (QED) is 0.307. The molecule has 2 aliphatic heterocycles. The van der Waals surface area contributed by atoms with E-state index in [0.29, 0.717) is 51.0 Å². The summed E-state index contributed by atoms with van der Waals surface area (Å²) >= 11 is 0. The van der Waals surface area contributed by atoms with Crippen LogP contribution in [-0.4, -0.2) is 73.3 Å². The molecule has 0 bridgehead atoms. The second-order valence-electron chi connectivity index (χ2n) is 7.09. The second kappa shape index (κ2) is 8.01. The number of ether oxygens (including phenoxy) is 1. The number of amides is 1. The van der Waals surface area contributed by atoms with E-state index < -0.39 is 38.2 Å². The Labute approximate surface area is 166 Å². The Morgan fingerprint density at radius 3 is 2.45 bits per heavy atom. The highest BCUT2D eigenvalue weighted by molar-refractivity contribution is 7.90. The number of hydrogen-bond donors (Lipinski definition) is 2. The number of hydrogen-bond acceptors (Lipinski definition) is 6. The van der Waals surface area contributed by atoms with Gasteiger partial charge in [0.1, 0.15) is 10.7 Å². The summed E-state index contributed by atoms with van der Waals surface area (Å²) in [6.45, 7) is 1.44. The van der Waals surface area contributed by atoms with Gasteiger partial charge in [0.25, 0.3) is 5.91 Å². The van der Waals surface area contributed by atoms with Crippen molar-refractivity contribution in [3.63, 3.8) is 0 Å². The number of carbonyl (C=O) groups excluding carboxylic acids is 1. The summed E-state index contributed by atoms with van der Waals surface area (Å²) < 4.78 is 56.6. The van der Waals surface area contributed by atoms with Gasteiger partial charge in [-0.25, -0.2) is 17.2 Å². The van der Waals surface area contributed by atoms with Crippen molar-refractivity contribution in [2.75, 3.05) is 25.9 Å². The smallest absolute Gasteiger partial charge is 0.263 e. The van der Waals surface area contributed by atoms with Crippen molar-refractivity contribution in [1.29, 1.82) is 0 Å². The van der Waals surface area contributed by atoms with Crippen LogP contribution in [-0.2, 0) is 14.6 Å². The highest BCUT2D eigenvalue weighted by Crippen LogP contribution is 2.29. The molecule has 9 nitrogen and oxygen atoms in total. The molecule has 29 heavy (non-hydrogen) atoms. The third-order valence-electron chi connectivity index (χ3n) is 5.18. The molecule has 2 aliphatic rings. The monoisotopic (exact) mass is 432 g/mol. The molecule has 2 saturated heterocycles. The van der Waals surface area contributed by atoms with Crippen molar-refractivity contribution >= 4 is 21.7 Å². The Bertz CT molecular complexity index is 932. The molecule has 1 amide bonds. The number of likely N-dealkylation sites (tertiary alicyclic amines) is 2. The number of halogens is 2. The highest BCUT2D eigenvalue weighted by atomic mass is 32.2. The fourth-order valence-corrected chi connectivity index (χ4v) is 4.39. The molecule has 0 aliphatic carbocycles. The maximum atomic E-state index is 14.2. The van der Waals surface area contributed by atoms with E-state index in [9.17, 15) is 22.0 Å². The van der Waals surface area contributed by atoms with E-state index in [0.717, 1.165) is 6.26 Å². The van der Waals surface area contributed by atoms with Crippen LogP contribution in [0.4, 0.5) is 8.78 Å². The summed E-state index contributed by atoms with van der Waals surface area (Å²) in [4.78, 5) is 15.3. The summed E-state index contributed by atoms with van der Waals surface area (Å²) in [5, 5.41) is 11.7. The molecule has 0 aromatic heterocycles. The molecule has 3 rings (SSSR count). The normalized spacial score (nSPS) is 21.7. The lowest BCUT2D eigenvalue weighted by Gasteiger charge is -2.36. The highest BCUT2D eigenvalue weighted by Gasteiger charge is 2.39. The fraction of sp³-hybridized carbons (Fsp3) is 0.529. The summed E-state index contributed by atoms with van der Waals surface area (Å²) in [6, 6.07) is 1.14. The number of carbonyl (C=O) groups is 1. The third-order valence-corrected chi connectivity index (χ3v) is 6.29. The van der Waals surface area contributed by atoms with E-state index >= 15 is 0 Å². The van der Waals surface area contributed by atoms with Crippen molar-refractivity contribution < 1.29 is 31.9 Å². The molecular weight excluding hydrogens is 410 g/mol.